The van der Waals surface area contributed by atoms with Gasteiger partial charge in [-0.3, -0.25) is 15.5 Å². The zero-order valence-corrected chi connectivity index (χ0v) is 10.8. The predicted octanol–water partition coefficient (Wildman–Crippen LogP) is 3.00. The number of nitro groups is 1. The highest BCUT2D eigenvalue weighted by Crippen LogP contribution is 2.35. The van der Waals surface area contributed by atoms with E-state index in [-0.39, 0.29) is 33.9 Å². The Balaban J connectivity index is 2.77. The van der Waals surface area contributed by atoms with E-state index in [1.807, 2.05) is 0 Å². The van der Waals surface area contributed by atoms with Gasteiger partial charge in [0.05, 0.1) is 27.4 Å². The summed E-state index contributed by atoms with van der Waals surface area (Å²) < 4.78 is 5.25. The van der Waals surface area contributed by atoms with Crippen LogP contribution in [-0.4, -0.2) is 17.4 Å². The normalized spacial score (nSPS) is 10.1. The summed E-state index contributed by atoms with van der Waals surface area (Å²) in [4.78, 5) is 10.2. The Kier molecular flexibility index (Phi) is 5.18. The molecule has 0 fully saturated rings. The molecule has 0 atom stereocenters. The molecule has 98 valence electrons. The highest BCUT2D eigenvalue weighted by atomic mass is 35.5. The molecule has 8 heteroatoms. The summed E-state index contributed by atoms with van der Waals surface area (Å²) in [5.74, 6) is 0.0974. The maximum absolute atomic E-state index is 10.8. The van der Waals surface area contributed by atoms with Crippen molar-refractivity contribution in [3.05, 3.63) is 32.3 Å². The largest absolute Gasteiger partial charge is 0.487 e. The lowest BCUT2D eigenvalue weighted by Crippen LogP contribution is -2.11. The first-order valence-electron chi connectivity index (χ1n) is 5.01. The van der Waals surface area contributed by atoms with E-state index in [9.17, 15) is 10.1 Å². The molecule has 0 aliphatic heterocycles. The van der Waals surface area contributed by atoms with Crippen LogP contribution in [0.2, 0.25) is 10.0 Å². The zero-order valence-electron chi connectivity index (χ0n) is 9.28. The van der Waals surface area contributed by atoms with Gasteiger partial charge in [0, 0.05) is 18.6 Å². The summed E-state index contributed by atoms with van der Waals surface area (Å²) in [6.45, 7) is 0.207. The molecule has 0 bridgehead atoms. The Labute approximate surface area is 113 Å². The van der Waals surface area contributed by atoms with Gasteiger partial charge in [0.2, 0.25) is 0 Å². The lowest BCUT2D eigenvalue weighted by Gasteiger charge is -2.07. The Bertz CT molecular complexity index is 480. The third kappa shape index (κ3) is 4.05. The lowest BCUT2D eigenvalue weighted by atomic mass is 10.3. The SMILES string of the molecule is N=C(N)CCCOc1cc(Cl)c(Cl)cc1[N+](=O)[O-]. The summed E-state index contributed by atoms with van der Waals surface area (Å²) in [5.41, 5.74) is 4.93. The molecule has 18 heavy (non-hydrogen) atoms. The summed E-state index contributed by atoms with van der Waals surface area (Å²) in [7, 11) is 0. The van der Waals surface area contributed by atoms with Gasteiger partial charge < -0.3 is 10.5 Å². The summed E-state index contributed by atoms with van der Waals surface area (Å²) in [5, 5.41) is 18.1. The number of hydrogen-bond acceptors (Lipinski definition) is 4. The van der Waals surface area contributed by atoms with Crippen molar-refractivity contribution < 1.29 is 9.66 Å². The van der Waals surface area contributed by atoms with Crippen LogP contribution in [0.1, 0.15) is 12.8 Å². The number of ether oxygens (including phenoxy) is 1. The van der Waals surface area contributed by atoms with Gasteiger partial charge in [-0.2, -0.15) is 0 Å². The van der Waals surface area contributed by atoms with Gasteiger partial charge in [-0.1, -0.05) is 23.2 Å². The molecule has 1 rings (SSSR count). The van der Waals surface area contributed by atoms with Gasteiger partial charge in [0.15, 0.2) is 5.75 Å². The van der Waals surface area contributed by atoms with Crippen molar-refractivity contribution in [2.45, 2.75) is 12.8 Å². The quantitative estimate of drug-likeness (QED) is 0.276. The van der Waals surface area contributed by atoms with Crippen LogP contribution in [0.25, 0.3) is 0 Å². The van der Waals surface area contributed by atoms with Crippen molar-refractivity contribution in [2.75, 3.05) is 6.61 Å². The number of hydrogen-bond donors (Lipinski definition) is 2. The maximum Gasteiger partial charge on any atom is 0.312 e. The fraction of sp³-hybridized carbons (Fsp3) is 0.300. The fourth-order valence-corrected chi connectivity index (χ4v) is 1.53. The van der Waals surface area contributed by atoms with E-state index in [0.29, 0.717) is 12.8 Å². The number of amidine groups is 1. The minimum absolute atomic E-state index is 0.0437. The molecule has 1 aromatic rings. The van der Waals surface area contributed by atoms with Crippen molar-refractivity contribution >= 4 is 34.7 Å². The van der Waals surface area contributed by atoms with Gasteiger partial charge in [-0.25, -0.2) is 0 Å². The number of rotatable bonds is 6. The Morgan fingerprint density at radius 3 is 2.61 bits per heavy atom. The van der Waals surface area contributed by atoms with Gasteiger partial charge in [-0.05, 0) is 6.42 Å². The molecule has 0 saturated carbocycles. The number of halogens is 2. The van der Waals surface area contributed by atoms with Crippen molar-refractivity contribution in [1.29, 1.82) is 5.41 Å². The topological polar surface area (TPSA) is 102 Å². The second kappa shape index (κ2) is 6.42. The van der Waals surface area contributed by atoms with E-state index in [4.69, 9.17) is 39.1 Å². The van der Waals surface area contributed by atoms with Gasteiger partial charge >= 0.3 is 5.69 Å². The second-order valence-corrected chi connectivity index (χ2v) is 4.28. The number of benzene rings is 1. The third-order valence-electron chi connectivity index (χ3n) is 2.05. The summed E-state index contributed by atoms with van der Waals surface area (Å²) in [6, 6.07) is 2.44. The number of nitro benzene ring substituents is 1. The zero-order chi connectivity index (χ0) is 13.7. The molecule has 0 radical (unpaired) electrons. The molecule has 0 saturated heterocycles. The Morgan fingerprint density at radius 2 is 2.06 bits per heavy atom. The minimum Gasteiger partial charge on any atom is -0.487 e. The molecule has 0 spiro atoms. The van der Waals surface area contributed by atoms with Crippen LogP contribution in [-0.2, 0) is 0 Å². The summed E-state index contributed by atoms with van der Waals surface area (Å²) >= 11 is 11.5. The van der Waals surface area contributed by atoms with Gasteiger partial charge in [0.25, 0.3) is 0 Å². The Hall–Kier alpha value is -1.53. The molecule has 3 N–H and O–H groups in total. The predicted molar refractivity (Wildman–Crippen MR) is 69.8 cm³/mol. The molecular weight excluding hydrogens is 281 g/mol. The summed E-state index contributed by atoms with van der Waals surface area (Å²) in [6.07, 6.45) is 0.863. The average molecular weight is 292 g/mol. The van der Waals surface area contributed by atoms with Gasteiger partial charge in [0.1, 0.15) is 0 Å². The van der Waals surface area contributed by atoms with Crippen LogP contribution in [0.5, 0.6) is 5.75 Å². The van der Waals surface area contributed by atoms with E-state index in [2.05, 4.69) is 0 Å². The van der Waals surface area contributed by atoms with Crippen LogP contribution in [0.4, 0.5) is 5.69 Å². The molecule has 0 unspecified atom stereocenters. The van der Waals surface area contributed by atoms with Crippen molar-refractivity contribution in [2.24, 2.45) is 5.73 Å². The molecule has 0 amide bonds. The van der Waals surface area contributed by atoms with E-state index >= 15 is 0 Å². The standard InChI is InChI=1S/C10H11Cl2N3O3/c11-6-4-8(15(16)17)9(5-7(6)12)18-3-1-2-10(13)14/h4-5H,1-3H2,(H3,13,14). The molecule has 0 aliphatic rings. The lowest BCUT2D eigenvalue weighted by molar-refractivity contribution is -0.385. The molecule has 0 aromatic heterocycles. The number of nitrogens with one attached hydrogen (secondary N) is 1. The number of nitrogens with zero attached hydrogens (tertiary/aromatic N) is 1. The molecule has 0 heterocycles. The van der Waals surface area contributed by atoms with Crippen LogP contribution in [0.15, 0.2) is 12.1 Å². The molecular formula is C10H11Cl2N3O3. The van der Waals surface area contributed by atoms with E-state index in [1.165, 1.54) is 6.07 Å². The highest BCUT2D eigenvalue weighted by molar-refractivity contribution is 6.42. The van der Waals surface area contributed by atoms with Crippen LogP contribution in [0.3, 0.4) is 0 Å². The van der Waals surface area contributed by atoms with Crippen LogP contribution in [0, 0.1) is 15.5 Å². The third-order valence-corrected chi connectivity index (χ3v) is 2.77. The molecule has 6 nitrogen and oxygen atoms in total. The average Bonchev–Trinajstić information content (AvgIpc) is 2.28. The monoisotopic (exact) mass is 291 g/mol. The fourth-order valence-electron chi connectivity index (χ4n) is 1.22. The number of nitrogens with two attached hydrogens (primary N) is 1. The van der Waals surface area contributed by atoms with Crippen LogP contribution < -0.4 is 10.5 Å². The molecule has 0 aliphatic carbocycles. The van der Waals surface area contributed by atoms with E-state index in [0.717, 1.165) is 6.07 Å². The smallest absolute Gasteiger partial charge is 0.312 e. The first kappa shape index (κ1) is 14.5. The van der Waals surface area contributed by atoms with Gasteiger partial charge in [-0.15, -0.1) is 0 Å². The second-order valence-electron chi connectivity index (χ2n) is 3.47. The Morgan fingerprint density at radius 1 is 1.44 bits per heavy atom. The van der Waals surface area contributed by atoms with Crippen molar-refractivity contribution in [3.8, 4) is 5.75 Å². The first-order valence-corrected chi connectivity index (χ1v) is 5.76. The molecule has 1 aromatic carbocycles. The highest BCUT2D eigenvalue weighted by Gasteiger charge is 2.18. The van der Waals surface area contributed by atoms with E-state index in [1.54, 1.807) is 0 Å². The maximum atomic E-state index is 10.8. The van der Waals surface area contributed by atoms with Crippen molar-refractivity contribution in [3.63, 3.8) is 0 Å². The van der Waals surface area contributed by atoms with E-state index < -0.39 is 4.92 Å². The first-order chi connectivity index (χ1) is 8.41. The minimum atomic E-state index is -0.595. The van der Waals surface area contributed by atoms with Crippen molar-refractivity contribution in [1.82, 2.24) is 0 Å². The van der Waals surface area contributed by atoms with Crippen LogP contribution >= 0.6 is 23.2 Å².